The van der Waals surface area contributed by atoms with Crippen LogP contribution in [0.3, 0.4) is 0 Å². The minimum atomic E-state index is -0.205. The van der Waals surface area contributed by atoms with E-state index in [1.54, 1.807) is 4.90 Å². The first-order valence-electron chi connectivity index (χ1n) is 10.7. The Morgan fingerprint density at radius 1 is 0.968 bits per heavy atom. The van der Waals surface area contributed by atoms with E-state index in [1.807, 2.05) is 71.3 Å². The van der Waals surface area contributed by atoms with Crippen LogP contribution in [0.25, 0.3) is 16.9 Å². The number of hydrogen-bond acceptors (Lipinski definition) is 3. The zero-order valence-electron chi connectivity index (χ0n) is 17.5. The number of carbonyl (C=O) groups is 1. The summed E-state index contributed by atoms with van der Waals surface area (Å²) in [4.78, 5) is 28.5. The molecule has 0 radical (unpaired) electrons. The average molecular weight is 412 g/mol. The molecule has 2 aromatic heterocycles. The highest BCUT2D eigenvalue weighted by Crippen LogP contribution is 2.26. The molecule has 0 unspecified atom stereocenters. The molecule has 1 aliphatic heterocycles. The molecule has 0 saturated carbocycles. The molecule has 0 fully saturated rings. The summed E-state index contributed by atoms with van der Waals surface area (Å²) in [7, 11) is 0. The van der Waals surface area contributed by atoms with Gasteiger partial charge in [0.1, 0.15) is 11.3 Å². The highest BCUT2D eigenvalue weighted by molar-refractivity contribution is 5.97. The van der Waals surface area contributed by atoms with Gasteiger partial charge in [0.15, 0.2) is 0 Å². The van der Waals surface area contributed by atoms with E-state index in [-0.39, 0.29) is 11.5 Å². The molecular formula is C25H24N4O2. The highest BCUT2D eigenvalue weighted by atomic mass is 16.2. The van der Waals surface area contributed by atoms with E-state index in [1.165, 1.54) is 4.52 Å². The SMILES string of the molecule is CCCCN1Cc2c(n(Cc3ccccc3)c3cc(-c4ccccc4)nn3c2=O)C1=O. The molecule has 31 heavy (non-hydrogen) atoms. The molecule has 0 saturated heterocycles. The molecule has 1 amide bonds. The molecule has 6 nitrogen and oxygen atoms in total. The third-order valence-corrected chi connectivity index (χ3v) is 5.85. The minimum Gasteiger partial charge on any atom is -0.333 e. The molecule has 2 aromatic carbocycles. The average Bonchev–Trinajstić information content (AvgIpc) is 3.39. The maximum Gasteiger partial charge on any atom is 0.280 e. The first-order valence-corrected chi connectivity index (χ1v) is 10.7. The Labute approximate surface area is 180 Å². The van der Waals surface area contributed by atoms with Gasteiger partial charge in [0.05, 0.1) is 17.8 Å². The van der Waals surface area contributed by atoms with Gasteiger partial charge in [0.25, 0.3) is 11.5 Å². The third-order valence-electron chi connectivity index (χ3n) is 5.85. The van der Waals surface area contributed by atoms with Crippen molar-refractivity contribution in [3.8, 4) is 11.3 Å². The van der Waals surface area contributed by atoms with Gasteiger partial charge in [-0.25, -0.2) is 0 Å². The fraction of sp³-hybridized carbons (Fsp3) is 0.240. The Balaban J connectivity index is 1.71. The molecule has 0 bridgehead atoms. The predicted octanol–water partition coefficient (Wildman–Crippen LogP) is 3.97. The summed E-state index contributed by atoms with van der Waals surface area (Å²) in [5.41, 5.74) is 4.19. The Morgan fingerprint density at radius 2 is 1.68 bits per heavy atom. The lowest BCUT2D eigenvalue weighted by Crippen LogP contribution is -2.27. The minimum absolute atomic E-state index is 0.0681. The number of fused-ring (bicyclic) bond motifs is 2. The van der Waals surface area contributed by atoms with Crippen LogP contribution in [0, 0.1) is 0 Å². The van der Waals surface area contributed by atoms with Crippen LogP contribution in [0.15, 0.2) is 71.5 Å². The molecule has 5 rings (SSSR count). The smallest absolute Gasteiger partial charge is 0.280 e. The standard InChI is InChI=1S/C25H24N4O2/c1-2-3-14-27-17-20-23(25(27)31)28(16-18-10-6-4-7-11-18)22-15-21(26-29(22)24(20)30)19-12-8-5-9-13-19/h4-13,15H,2-3,14,16-17H2,1H3. The summed E-state index contributed by atoms with van der Waals surface area (Å²) < 4.78 is 3.42. The first kappa shape index (κ1) is 19.3. The van der Waals surface area contributed by atoms with Gasteiger partial charge >= 0.3 is 0 Å². The second-order valence-corrected chi connectivity index (χ2v) is 7.95. The van der Waals surface area contributed by atoms with E-state index in [4.69, 9.17) is 0 Å². The Morgan fingerprint density at radius 3 is 2.39 bits per heavy atom. The van der Waals surface area contributed by atoms with Crippen LogP contribution in [0.5, 0.6) is 0 Å². The van der Waals surface area contributed by atoms with Crippen molar-refractivity contribution in [3.05, 3.63) is 93.9 Å². The summed E-state index contributed by atoms with van der Waals surface area (Å²) in [6.45, 7) is 3.60. The number of hydrogen-bond donors (Lipinski definition) is 0. The summed E-state index contributed by atoms with van der Waals surface area (Å²) in [5, 5.41) is 4.63. The fourth-order valence-electron chi connectivity index (χ4n) is 4.22. The molecule has 3 heterocycles. The van der Waals surface area contributed by atoms with Gasteiger partial charge in [-0.1, -0.05) is 74.0 Å². The number of aromatic nitrogens is 3. The number of nitrogens with zero attached hydrogens (tertiary/aromatic N) is 4. The number of benzene rings is 2. The van der Waals surface area contributed by atoms with E-state index in [0.29, 0.717) is 36.5 Å². The molecule has 156 valence electrons. The number of unbranched alkanes of at least 4 members (excludes halogenated alkanes) is 1. The monoisotopic (exact) mass is 412 g/mol. The molecule has 0 N–H and O–H groups in total. The maximum atomic E-state index is 13.3. The molecular weight excluding hydrogens is 388 g/mol. The van der Waals surface area contributed by atoms with Crippen molar-refractivity contribution < 1.29 is 4.79 Å². The van der Waals surface area contributed by atoms with Gasteiger partial charge in [-0.2, -0.15) is 9.61 Å². The molecule has 6 heteroatoms. The second kappa shape index (κ2) is 7.87. The number of amides is 1. The Kier molecular flexibility index (Phi) is 4.90. The van der Waals surface area contributed by atoms with E-state index in [0.717, 1.165) is 29.7 Å². The zero-order chi connectivity index (χ0) is 21.4. The van der Waals surface area contributed by atoms with Crippen molar-refractivity contribution in [2.75, 3.05) is 6.54 Å². The Hall–Kier alpha value is -3.67. The van der Waals surface area contributed by atoms with Crippen LogP contribution in [-0.2, 0) is 13.1 Å². The normalized spacial score (nSPS) is 13.2. The lowest BCUT2D eigenvalue weighted by Gasteiger charge is -2.16. The number of rotatable bonds is 6. The van der Waals surface area contributed by atoms with Crippen LogP contribution in [0.2, 0.25) is 0 Å². The topological polar surface area (TPSA) is 59.6 Å². The third kappa shape index (κ3) is 3.34. The zero-order valence-corrected chi connectivity index (χ0v) is 17.5. The largest absolute Gasteiger partial charge is 0.333 e. The van der Waals surface area contributed by atoms with E-state index in [2.05, 4.69) is 12.0 Å². The molecule has 4 aromatic rings. The lowest BCUT2D eigenvalue weighted by molar-refractivity contribution is 0.0768. The number of carbonyl (C=O) groups excluding carboxylic acids is 1. The highest BCUT2D eigenvalue weighted by Gasteiger charge is 2.34. The van der Waals surface area contributed by atoms with Gasteiger partial charge < -0.3 is 9.47 Å². The molecule has 0 spiro atoms. The van der Waals surface area contributed by atoms with Crippen molar-refractivity contribution >= 4 is 11.6 Å². The molecule has 1 aliphatic rings. The predicted molar refractivity (Wildman–Crippen MR) is 120 cm³/mol. The second-order valence-electron chi connectivity index (χ2n) is 7.95. The Bertz CT molecular complexity index is 1310. The summed E-state index contributed by atoms with van der Waals surface area (Å²) in [6, 6.07) is 21.7. The van der Waals surface area contributed by atoms with Gasteiger partial charge in [-0.05, 0) is 12.0 Å². The lowest BCUT2D eigenvalue weighted by atomic mass is 10.1. The van der Waals surface area contributed by atoms with Crippen LogP contribution >= 0.6 is 0 Å². The van der Waals surface area contributed by atoms with E-state index < -0.39 is 0 Å². The van der Waals surface area contributed by atoms with E-state index >= 15 is 0 Å². The van der Waals surface area contributed by atoms with Crippen LogP contribution in [0.1, 0.15) is 41.4 Å². The van der Waals surface area contributed by atoms with Crippen molar-refractivity contribution in [3.63, 3.8) is 0 Å². The first-order chi connectivity index (χ1) is 15.2. The quantitative estimate of drug-likeness (QED) is 0.482. The maximum absolute atomic E-state index is 13.3. The van der Waals surface area contributed by atoms with Crippen molar-refractivity contribution in [2.45, 2.75) is 32.9 Å². The summed E-state index contributed by atoms with van der Waals surface area (Å²) >= 11 is 0. The van der Waals surface area contributed by atoms with Gasteiger partial charge in [0.2, 0.25) is 0 Å². The summed E-state index contributed by atoms with van der Waals surface area (Å²) in [5.74, 6) is -0.0681. The van der Waals surface area contributed by atoms with Crippen molar-refractivity contribution in [1.29, 1.82) is 0 Å². The van der Waals surface area contributed by atoms with Crippen LogP contribution in [0.4, 0.5) is 0 Å². The van der Waals surface area contributed by atoms with Crippen molar-refractivity contribution in [1.82, 2.24) is 19.1 Å². The van der Waals surface area contributed by atoms with Crippen molar-refractivity contribution in [2.24, 2.45) is 0 Å². The van der Waals surface area contributed by atoms with Gasteiger partial charge in [-0.3, -0.25) is 9.59 Å². The van der Waals surface area contributed by atoms with Gasteiger partial charge in [0, 0.05) is 24.7 Å². The molecule has 0 aliphatic carbocycles. The van der Waals surface area contributed by atoms with Gasteiger partial charge in [-0.15, -0.1) is 0 Å². The van der Waals surface area contributed by atoms with Crippen LogP contribution in [-0.4, -0.2) is 31.5 Å². The summed E-state index contributed by atoms with van der Waals surface area (Å²) in [6.07, 6.45) is 1.92. The molecule has 0 atom stereocenters. The fourth-order valence-corrected chi connectivity index (χ4v) is 4.22. The van der Waals surface area contributed by atoms with Crippen LogP contribution < -0.4 is 5.56 Å². The van der Waals surface area contributed by atoms with E-state index in [9.17, 15) is 9.59 Å².